The van der Waals surface area contributed by atoms with Gasteiger partial charge in [-0.15, -0.1) is 0 Å². The maximum atomic E-state index is 14.4. The lowest BCUT2D eigenvalue weighted by Crippen LogP contribution is -2.52. The Kier molecular flexibility index (Phi) is 6.21. The second kappa shape index (κ2) is 9.99. The minimum absolute atomic E-state index is 0.196. The standard InChI is InChI=1S/C33H22ClN3O6/c34-19-15-13-18(14-16-19)26(38)17-35(31(39)24-11-5-6-12-25(24)37(42)43)36-32(40)29-27-20-7-1-2-8-21(20)28(30(29)33(36)41)23-10-4-3-9-22(23)27/h1-16,27-30H,17H2/t27?,28?,29-,30-/m1/s1. The molecule has 2 bridgehead atoms. The average Bonchev–Trinajstić information content (AvgIpc) is 3.29. The summed E-state index contributed by atoms with van der Waals surface area (Å²) < 4.78 is 0. The van der Waals surface area contributed by atoms with Crippen LogP contribution in [0.5, 0.6) is 0 Å². The predicted molar refractivity (Wildman–Crippen MR) is 155 cm³/mol. The van der Waals surface area contributed by atoms with Crippen molar-refractivity contribution in [3.8, 4) is 0 Å². The molecule has 0 N–H and O–H groups in total. The number of carbonyl (C=O) groups excluding carboxylic acids is 4. The summed E-state index contributed by atoms with van der Waals surface area (Å²) in [6.45, 7) is -0.696. The number of para-hydroxylation sites is 1. The molecule has 212 valence electrons. The van der Waals surface area contributed by atoms with Crippen molar-refractivity contribution in [2.45, 2.75) is 11.8 Å². The molecule has 4 aromatic rings. The maximum absolute atomic E-state index is 14.4. The third kappa shape index (κ3) is 3.99. The lowest BCUT2D eigenvalue weighted by Gasteiger charge is -2.45. The van der Waals surface area contributed by atoms with E-state index >= 15 is 0 Å². The molecule has 0 radical (unpaired) electrons. The highest BCUT2D eigenvalue weighted by molar-refractivity contribution is 6.30. The van der Waals surface area contributed by atoms with Gasteiger partial charge in [0, 0.05) is 28.5 Å². The van der Waals surface area contributed by atoms with Crippen LogP contribution >= 0.6 is 11.6 Å². The SMILES string of the molecule is O=C(CN(C(=O)c1ccccc1[N+](=O)[O-])N1C(=O)[C@@H]2C3c4ccccc4C(c4ccccc43)[C@H]2C1=O)c1ccc(Cl)cc1. The van der Waals surface area contributed by atoms with E-state index in [9.17, 15) is 29.3 Å². The molecule has 0 spiro atoms. The lowest BCUT2D eigenvalue weighted by molar-refractivity contribution is -0.385. The minimum atomic E-state index is -1.00. The molecule has 0 aromatic heterocycles. The van der Waals surface area contributed by atoms with Crippen molar-refractivity contribution in [1.82, 2.24) is 10.0 Å². The van der Waals surface area contributed by atoms with Gasteiger partial charge in [0.2, 0.25) is 0 Å². The zero-order valence-electron chi connectivity index (χ0n) is 22.4. The highest BCUT2D eigenvalue weighted by Gasteiger charge is 2.63. The van der Waals surface area contributed by atoms with Crippen LogP contribution in [-0.2, 0) is 9.59 Å². The molecule has 1 aliphatic heterocycles. The van der Waals surface area contributed by atoms with Gasteiger partial charge in [-0.2, -0.15) is 5.01 Å². The fourth-order valence-electron chi connectivity index (χ4n) is 6.95. The summed E-state index contributed by atoms with van der Waals surface area (Å²) in [5, 5.41) is 13.8. The molecule has 1 heterocycles. The molecule has 43 heavy (non-hydrogen) atoms. The zero-order chi connectivity index (χ0) is 30.0. The van der Waals surface area contributed by atoms with Gasteiger partial charge in [0.25, 0.3) is 23.4 Å². The van der Waals surface area contributed by atoms with E-state index in [2.05, 4.69) is 0 Å². The van der Waals surface area contributed by atoms with E-state index < -0.39 is 64.3 Å². The molecule has 3 aliphatic carbocycles. The Balaban J connectivity index is 1.35. The Labute approximate surface area is 250 Å². The Hall–Kier alpha value is -5.15. The van der Waals surface area contributed by atoms with Crippen molar-refractivity contribution in [2.24, 2.45) is 11.8 Å². The van der Waals surface area contributed by atoms with Crippen LogP contribution in [0, 0.1) is 22.0 Å². The highest BCUT2D eigenvalue weighted by Crippen LogP contribution is 2.61. The van der Waals surface area contributed by atoms with Crippen molar-refractivity contribution in [2.75, 3.05) is 6.54 Å². The third-order valence-corrected chi connectivity index (χ3v) is 8.94. The monoisotopic (exact) mass is 591 g/mol. The molecule has 0 unspecified atom stereocenters. The van der Waals surface area contributed by atoms with Gasteiger partial charge < -0.3 is 0 Å². The Morgan fingerprint density at radius 1 is 0.744 bits per heavy atom. The van der Waals surface area contributed by atoms with Crippen molar-refractivity contribution < 1.29 is 24.1 Å². The van der Waals surface area contributed by atoms with Crippen molar-refractivity contribution in [1.29, 1.82) is 0 Å². The number of hydrazine groups is 1. The summed E-state index contributed by atoms with van der Waals surface area (Å²) >= 11 is 5.98. The number of nitrogens with zero attached hydrogens (tertiary/aromatic N) is 3. The van der Waals surface area contributed by atoms with Crippen molar-refractivity contribution in [3.63, 3.8) is 0 Å². The maximum Gasteiger partial charge on any atom is 0.282 e. The first-order valence-corrected chi connectivity index (χ1v) is 14.0. The molecule has 1 saturated heterocycles. The topological polar surface area (TPSA) is 118 Å². The van der Waals surface area contributed by atoms with Crippen LogP contribution in [0.15, 0.2) is 97.1 Å². The van der Waals surface area contributed by atoms with Crippen LogP contribution in [0.3, 0.4) is 0 Å². The molecule has 0 saturated carbocycles. The number of ketones is 1. The van der Waals surface area contributed by atoms with Crippen LogP contribution in [-0.4, -0.2) is 45.0 Å². The highest BCUT2D eigenvalue weighted by atomic mass is 35.5. The first-order valence-electron chi connectivity index (χ1n) is 13.7. The van der Waals surface area contributed by atoms with Crippen LogP contribution in [0.4, 0.5) is 5.69 Å². The average molecular weight is 592 g/mol. The molecule has 4 aliphatic rings. The number of carbonyl (C=O) groups is 4. The number of hydrogen-bond acceptors (Lipinski definition) is 6. The number of benzene rings is 4. The number of nitro groups is 1. The molecule has 2 atom stereocenters. The van der Waals surface area contributed by atoms with E-state index in [1.54, 1.807) is 0 Å². The van der Waals surface area contributed by atoms with Gasteiger partial charge in [0.15, 0.2) is 5.78 Å². The molecule has 3 amide bonds. The Bertz CT molecular complexity index is 1760. The molecular weight excluding hydrogens is 570 g/mol. The van der Waals surface area contributed by atoms with Gasteiger partial charge in [0.1, 0.15) is 12.1 Å². The summed E-state index contributed by atoms with van der Waals surface area (Å²) in [5.41, 5.74) is 3.14. The molecule has 4 aromatic carbocycles. The quantitative estimate of drug-likeness (QED) is 0.129. The van der Waals surface area contributed by atoms with Gasteiger partial charge in [-0.1, -0.05) is 72.3 Å². The fraction of sp³-hybridized carbons (Fsp3) is 0.152. The van der Waals surface area contributed by atoms with Crippen LogP contribution in [0.1, 0.15) is 54.8 Å². The molecule has 1 fully saturated rings. The van der Waals surface area contributed by atoms with Gasteiger partial charge in [-0.25, -0.2) is 5.01 Å². The number of hydrogen-bond donors (Lipinski definition) is 0. The zero-order valence-corrected chi connectivity index (χ0v) is 23.2. The number of amides is 3. The third-order valence-electron chi connectivity index (χ3n) is 8.69. The van der Waals surface area contributed by atoms with E-state index in [0.29, 0.717) is 5.02 Å². The fourth-order valence-corrected chi connectivity index (χ4v) is 7.07. The summed E-state index contributed by atoms with van der Waals surface area (Å²) in [5.74, 6) is -5.30. The normalized spacial score (nSPS) is 21.2. The van der Waals surface area contributed by atoms with E-state index in [1.165, 1.54) is 42.5 Å². The van der Waals surface area contributed by atoms with Crippen LogP contribution in [0.25, 0.3) is 0 Å². The van der Waals surface area contributed by atoms with E-state index in [4.69, 9.17) is 11.6 Å². The lowest BCUT2D eigenvalue weighted by atomic mass is 9.55. The van der Waals surface area contributed by atoms with Gasteiger partial charge >= 0.3 is 0 Å². The summed E-state index contributed by atoms with van der Waals surface area (Å²) in [7, 11) is 0. The molecule has 8 rings (SSSR count). The first kappa shape index (κ1) is 26.7. The largest absolute Gasteiger partial charge is 0.292 e. The van der Waals surface area contributed by atoms with Gasteiger partial charge in [-0.3, -0.25) is 29.3 Å². The van der Waals surface area contributed by atoms with E-state index in [1.807, 2.05) is 48.5 Å². The van der Waals surface area contributed by atoms with E-state index in [0.717, 1.165) is 38.3 Å². The number of halogens is 1. The van der Waals surface area contributed by atoms with Gasteiger partial charge in [0.05, 0.1) is 16.8 Å². The Morgan fingerprint density at radius 2 is 1.21 bits per heavy atom. The Morgan fingerprint density at radius 3 is 1.70 bits per heavy atom. The number of nitro benzene ring substituents is 1. The van der Waals surface area contributed by atoms with Crippen molar-refractivity contribution in [3.05, 3.63) is 146 Å². The van der Waals surface area contributed by atoms with Gasteiger partial charge in [-0.05, 0) is 52.6 Å². The van der Waals surface area contributed by atoms with Crippen LogP contribution in [0.2, 0.25) is 5.02 Å². The number of Topliss-reactive ketones (excluding diaryl/α,β-unsaturated/α-hetero) is 1. The molecular formula is C33H22ClN3O6. The predicted octanol–water partition coefficient (Wildman–Crippen LogP) is 5.38. The smallest absolute Gasteiger partial charge is 0.282 e. The second-order valence-corrected chi connectivity index (χ2v) is 11.3. The molecule has 9 nitrogen and oxygen atoms in total. The number of imide groups is 1. The first-order chi connectivity index (χ1) is 20.8. The summed E-state index contributed by atoms with van der Waals surface area (Å²) in [6.07, 6.45) is 0. The minimum Gasteiger partial charge on any atom is -0.292 e. The van der Waals surface area contributed by atoms with Crippen molar-refractivity contribution >= 4 is 40.8 Å². The number of rotatable bonds is 6. The van der Waals surface area contributed by atoms with Crippen LogP contribution < -0.4 is 0 Å². The summed E-state index contributed by atoms with van der Waals surface area (Å²) in [4.78, 5) is 67.4. The molecule has 10 heteroatoms. The summed E-state index contributed by atoms with van der Waals surface area (Å²) in [6, 6.07) is 26.6. The second-order valence-electron chi connectivity index (χ2n) is 10.8. The van der Waals surface area contributed by atoms with E-state index in [-0.39, 0.29) is 11.1 Å².